The molecule has 0 saturated heterocycles. The first-order chi connectivity index (χ1) is 24.8. The van der Waals surface area contributed by atoms with Gasteiger partial charge in [0.25, 0.3) is 0 Å². The Morgan fingerprint density at radius 1 is 0.380 bits per heavy atom. The van der Waals surface area contributed by atoms with Gasteiger partial charge in [0.2, 0.25) is 0 Å². The fourth-order valence-electron chi connectivity index (χ4n) is 7.46. The number of anilines is 3. The summed E-state index contributed by atoms with van der Waals surface area (Å²) in [6.07, 6.45) is 0. The molecular weight excluding hydrogens is 625 g/mol. The van der Waals surface area contributed by atoms with Crippen LogP contribution < -0.4 is 4.90 Å². The molecule has 0 saturated carbocycles. The van der Waals surface area contributed by atoms with Crippen molar-refractivity contribution in [2.45, 2.75) is 0 Å². The number of rotatable bonds is 5. The molecule has 2 nitrogen and oxygen atoms in total. The van der Waals surface area contributed by atoms with Crippen LogP contribution in [0.1, 0.15) is 0 Å². The zero-order chi connectivity index (χ0) is 33.0. The maximum absolute atomic E-state index is 5.19. The molecule has 0 aliphatic carbocycles. The van der Waals surface area contributed by atoms with E-state index in [0.717, 1.165) is 33.1 Å². The molecule has 1 aromatic heterocycles. The first kappa shape index (κ1) is 28.7. The predicted octanol–water partition coefficient (Wildman–Crippen LogP) is 13.7. The van der Waals surface area contributed by atoms with Crippen molar-refractivity contribution in [3.8, 4) is 21.7 Å². The second-order valence-corrected chi connectivity index (χ2v) is 13.8. The van der Waals surface area contributed by atoms with Gasteiger partial charge in [-0.25, -0.2) is 4.98 Å². The summed E-state index contributed by atoms with van der Waals surface area (Å²) in [5.41, 5.74) is 7.97. The van der Waals surface area contributed by atoms with Crippen molar-refractivity contribution in [1.29, 1.82) is 0 Å². The molecule has 0 unspecified atom stereocenters. The molecule has 0 amide bonds. The van der Waals surface area contributed by atoms with E-state index in [1.54, 1.807) is 11.3 Å². The molecule has 9 aromatic carbocycles. The predicted molar refractivity (Wildman–Crippen MR) is 215 cm³/mol. The largest absolute Gasteiger partial charge is 0.311 e. The Bertz CT molecular complexity index is 2850. The molecule has 0 aliphatic heterocycles. The first-order valence-electron chi connectivity index (χ1n) is 17.0. The van der Waals surface area contributed by atoms with Crippen LogP contribution in [0.4, 0.5) is 17.1 Å². The Morgan fingerprint density at radius 3 is 1.66 bits per heavy atom. The van der Waals surface area contributed by atoms with Crippen LogP contribution in [0.5, 0.6) is 0 Å². The Kier molecular flexibility index (Phi) is 6.71. The molecule has 3 heteroatoms. The average molecular weight is 655 g/mol. The second-order valence-electron chi connectivity index (χ2n) is 12.8. The number of hydrogen-bond donors (Lipinski definition) is 0. The molecule has 0 fully saturated rings. The Balaban J connectivity index is 1.03. The van der Waals surface area contributed by atoms with Crippen molar-refractivity contribution in [3.05, 3.63) is 182 Å². The van der Waals surface area contributed by atoms with E-state index in [1.807, 2.05) is 0 Å². The summed E-state index contributed by atoms with van der Waals surface area (Å²) in [4.78, 5) is 7.52. The van der Waals surface area contributed by atoms with E-state index in [2.05, 4.69) is 187 Å². The monoisotopic (exact) mass is 654 g/mol. The summed E-state index contributed by atoms with van der Waals surface area (Å²) in [6.45, 7) is 0. The van der Waals surface area contributed by atoms with Gasteiger partial charge in [0.15, 0.2) is 0 Å². The minimum Gasteiger partial charge on any atom is -0.311 e. The molecule has 0 bridgehead atoms. The van der Waals surface area contributed by atoms with E-state index in [0.29, 0.717) is 0 Å². The first-order valence-corrected chi connectivity index (χ1v) is 17.8. The third kappa shape index (κ3) is 4.74. The van der Waals surface area contributed by atoms with E-state index in [9.17, 15) is 0 Å². The average Bonchev–Trinajstić information content (AvgIpc) is 3.64. The zero-order valence-electron chi connectivity index (χ0n) is 27.1. The number of para-hydroxylation sites is 1. The summed E-state index contributed by atoms with van der Waals surface area (Å²) in [5.74, 6) is 0. The highest BCUT2D eigenvalue weighted by atomic mass is 32.1. The summed E-state index contributed by atoms with van der Waals surface area (Å²) >= 11 is 1.75. The highest BCUT2D eigenvalue weighted by Gasteiger charge is 2.16. The Hall–Kier alpha value is -6.29. The minimum absolute atomic E-state index is 1.03. The van der Waals surface area contributed by atoms with E-state index >= 15 is 0 Å². The Morgan fingerprint density at radius 2 is 0.920 bits per heavy atom. The van der Waals surface area contributed by atoms with Gasteiger partial charge in [0.1, 0.15) is 5.01 Å². The lowest BCUT2D eigenvalue weighted by atomic mass is 9.93. The third-order valence-corrected chi connectivity index (χ3v) is 10.9. The van der Waals surface area contributed by atoms with Crippen molar-refractivity contribution < 1.29 is 0 Å². The lowest BCUT2D eigenvalue weighted by molar-refractivity contribution is 1.28. The molecule has 10 rings (SSSR count). The lowest BCUT2D eigenvalue weighted by Gasteiger charge is -2.26. The normalized spacial score (nSPS) is 11.6. The molecule has 50 heavy (non-hydrogen) atoms. The van der Waals surface area contributed by atoms with Crippen molar-refractivity contribution >= 4 is 81.7 Å². The molecular formula is C47H30N2S. The van der Waals surface area contributed by atoms with Gasteiger partial charge in [-0.2, -0.15) is 0 Å². The standard InChI is InChI=1S/C47H30N2S/c1-2-12-35(13-3-1)49(36-23-18-32(19-24-36)44-30-34-11-5-7-15-39(34)40-16-8-9-17-41(40)44)37-25-20-33(21-26-37)47-48-46-43-27-22-31-10-4-6-14-38(31)42(43)28-29-45(46)50-47/h1-30H. The van der Waals surface area contributed by atoms with Crippen molar-refractivity contribution in [1.82, 2.24) is 4.98 Å². The quantitative estimate of drug-likeness (QED) is 0.172. The third-order valence-electron chi connectivity index (χ3n) is 9.87. The SMILES string of the molecule is c1ccc(N(c2ccc(-c3nc4c(ccc5c6ccccc6ccc54)s3)cc2)c2ccc(-c3cc4ccccc4c4ccccc34)cc2)cc1. The molecule has 0 aliphatic rings. The summed E-state index contributed by atoms with van der Waals surface area (Å²) in [5, 5.41) is 11.1. The van der Waals surface area contributed by atoms with Crippen LogP contribution >= 0.6 is 11.3 Å². The molecule has 10 aromatic rings. The number of fused-ring (bicyclic) bond motifs is 8. The summed E-state index contributed by atoms with van der Waals surface area (Å²) < 4.78 is 1.21. The Labute approximate surface area is 294 Å². The molecule has 0 spiro atoms. The van der Waals surface area contributed by atoms with E-state index < -0.39 is 0 Å². The van der Waals surface area contributed by atoms with Gasteiger partial charge in [-0.3, -0.25) is 0 Å². The van der Waals surface area contributed by atoms with Gasteiger partial charge in [0, 0.05) is 28.0 Å². The number of hydrogen-bond acceptors (Lipinski definition) is 3. The van der Waals surface area contributed by atoms with Crippen LogP contribution in [-0.4, -0.2) is 4.98 Å². The highest BCUT2D eigenvalue weighted by Crippen LogP contribution is 2.41. The second kappa shape index (κ2) is 11.7. The molecule has 0 radical (unpaired) electrons. The fourth-order valence-corrected chi connectivity index (χ4v) is 8.45. The van der Waals surface area contributed by atoms with E-state index in [-0.39, 0.29) is 0 Å². The number of nitrogens with zero attached hydrogens (tertiary/aromatic N) is 2. The van der Waals surface area contributed by atoms with Gasteiger partial charge in [-0.15, -0.1) is 11.3 Å². The summed E-state index contributed by atoms with van der Waals surface area (Å²) in [6, 6.07) is 65.6. The maximum atomic E-state index is 5.19. The van der Waals surface area contributed by atoms with Gasteiger partial charge >= 0.3 is 0 Å². The maximum Gasteiger partial charge on any atom is 0.124 e. The van der Waals surface area contributed by atoms with Crippen molar-refractivity contribution in [2.24, 2.45) is 0 Å². The van der Waals surface area contributed by atoms with Crippen LogP contribution in [0, 0.1) is 0 Å². The van der Waals surface area contributed by atoms with Crippen LogP contribution in [0.2, 0.25) is 0 Å². The van der Waals surface area contributed by atoms with Crippen LogP contribution in [0.3, 0.4) is 0 Å². The van der Waals surface area contributed by atoms with E-state index in [4.69, 9.17) is 4.98 Å². The van der Waals surface area contributed by atoms with Crippen molar-refractivity contribution in [3.63, 3.8) is 0 Å². The van der Waals surface area contributed by atoms with Crippen molar-refractivity contribution in [2.75, 3.05) is 4.90 Å². The fraction of sp³-hybridized carbons (Fsp3) is 0. The molecule has 0 N–H and O–H groups in total. The van der Waals surface area contributed by atoms with Gasteiger partial charge in [-0.1, -0.05) is 121 Å². The molecule has 234 valence electrons. The smallest absolute Gasteiger partial charge is 0.124 e. The number of benzene rings is 9. The van der Waals surface area contributed by atoms with E-state index in [1.165, 1.54) is 58.9 Å². The number of aromatic nitrogens is 1. The highest BCUT2D eigenvalue weighted by molar-refractivity contribution is 7.21. The van der Waals surface area contributed by atoms with Crippen LogP contribution in [0.15, 0.2) is 182 Å². The lowest BCUT2D eigenvalue weighted by Crippen LogP contribution is -2.09. The zero-order valence-corrected chi connectivity index (χ0v) is 27.9. The summed E-state index contributed by atoms with van der Waals surface area (Å²) in [7, 11) is 0. The molecule has 1 heterocycles. The topological polar surface area (TPSA) is 16.1 Å². The van der Waals surface area contributed by atoms with Gasteiger partial charge < -0.3 is 4.90 Å². The van der Waals surface area contributed by atoms with Gasteiger partial charge in [0.05, 0.1) is 10.2 Å². The van der Waals surface area contributed by atoms with Crippen LogP contribution in [0.25, 0.3) is 75.0 Å². The van der Waals surface area contributed by atoms with Crippen LogP contribution in [-0.2, 0) is 0 Å². The minimum atomic E-state index is 1.03. The number of thiazole rings is 1. The molecule has 0 atom stereocenters. The van der Waals surface area contributed by atoms with Gasteiger partial charge in [-0.05, 0) is 109 Å².